The molecular weight excluding hydrogens is 294 g/mol. The number of hydrogen-bond donors (Lipinski definition) is 0. The molecule has 0 N–H and O–H groups in total. The zero-order valence-corrected chi connectivity index (χ0v) is 13.3. The number of halogens is 1. The molecule has 0 aromatic carbocycles. The van der Waals surface area contributed by atoms with Gasteiger partial charge in [-0.05, 0) is 20.1 Å². The van der Waals surface area contributed by atoms with E-state index in [-0.39, 0.29) is 16.8 Å². The molecule has 1 atom stereocenters. The average molecular weight is 312 g/mol. The molecule has 1 rings (SSSR count). The molecule has 0 aliphatic rings. The standard InChI is InChI=1S/C11H18ClNO3S2/c1-8(7-17-4)13(3)18(14,15)11-5-10(6-12)16-9(11)2/h5,8H,6-7H2,1-4H3. The molecule has 0 spiro atoms. The Bertz CT molecular complexity index is 498. The van der Waals surface area contributed by atoms with Crippen LogP contribution < -0.4 is 0 Å². The Morgan fingerprint density at radius 2 is 2.17 bits per heavy atom. The first kappa shape index (κ1) is 15.9. The zero-order chi connectivity index (χ0) is 13.9. The maximum Gasteiger partial charge on any atom is 0.246 e. The van der Waals surface area contributed by atoms with Crippen LogP contribution in [0.4, 0.5) is 0 Å². The van der Waals surface area contributed by atoms with Gasteiger partial charge < -0.3 is 4.42 Å². The third kappa shape index (κ3) is 3.23. The van der Waals surface area contributed by atoms with Crippen molar-refractivity contribution in [2.45, 2.75) is 30.7 Å². The van der Waals surface area contributed by atoms with E-state index in [4.69, 9.17) is 16.0 Å². The summed E-state index contributed by atoms with van der Waals surface area (Å²) in [5.41, 5.74) is 0. The van der Waals surface area contributed by atoms with E-state index in [1.54, 1.807) is 25.7 Å². The summed E-state index contributed by atoms with van der Waals surface area (Å²) in [6.07, 6.45) is 1.95. The monoisotopic (exact) mass is 311 g/mol. The molecule has 1 aromatic rings. The number of rotatable bonds is 6. The lowest BCUT2D eigenvalue weighted by Gasteiger charge is -2.23. The predicted molar refractivity (Wildman–Crippen MR) is 75.8 cm³/mol. The fourth-order valence-corrected chi connectivity index (χ4v) is 4.06. The first-order valence-electron chi connectivity index (χ1n) is 5.46. The molecule has 1 heterocycles. The van der Waals surface area contributed by atoms with Gasteiger partial charge in [-0.3, -0.25) is 0 Å². The number of thioether (sulfide) groups is 1. The summed E-state index contributed by atoms with van der Waals surface area (Å²) < 4.78 is 31.5. The van der Waals surface area contributed by atoms with Gasteiger partial charge in [-0.2, -0.15) is 16.1 Å². The minimum absolute atomic E-state index is 0.0706. The molecule has 0 fully saturated rings. The summed E-state index contributed by atoms with van der Waals surface area (Å²) in [6.45, 7) is 3.52. The van der Waals surface area contributed by atoms with Crippen LogP contribution in [-0.2, 0) is 15.9 Å². The third-order valence-electron chi connectivity index (χ3n) is 2.74. The molecule has 1 unspecified atom stereocenters. The molecule has 0 aliphatic heterocycles. The zero-order valence-electron chi connectivity index (χ0n) is 10.9. The molecular formula is C11H18ClNO3S2. The van der Waals surface area contributed by atoms with Crippen molar-refractivity contribution < 1.29 is 12.8 Å². The summed E-state index contributed by atoms with van der Waals surface area (Å²) in [5, 5.41) is 0. The largest absolute Gasteiger partial charge is 0.464 e. The van der Waals surface area contributed by atoms with Gasteiger partial charge in [-0.25, -0.2) is 8.42 Å². The Kier molecular flexibility index (Phi) is 5.58. The lowest BCUT2D eigenvalue weighted by atomic mass is 10.4. The van der Waals surface area contributed by atoms with Crippen LogP contribution in [0.3, 0.4) is 0 Å². The van der Waals surface area contributed by atoms with Crippen LogP contribution in [0.1, 0.15) is 18.4 Å². The van der Waals surface area contributed by atoms with E-state index in [1.165, 1.54) is 10.4 Å². The molecule has 1 aromatic heterocycles. The van der Waals surface area contributed by atoms with E-state index in [1.807, 2.05) is 13.2 Å². The molecule has 18 heavy (non-hydrogen) atoms. The van der Waals surface area contributed by atoms with Crippen LogP contribution >= 0.6 is 23.4 Å². The van der Waals surface area contributed by atoms with Gasteiger partial charge in [0, 0.05) is 24.9 Å². The number of alkyl halides is 1. The van der Waals surface area contributed by atoms with Gasteiger partial charge in [0.1, 0.15) is 16.4 Å². The van der Waals surface area contributed by atoms with Crippen molar-refractivity contribution in [3.63, 3.8) is 0 Å². The maximum atomic E-state index is 12.4. The quantitative estimate of drug-likeness (QED) is 0.758. The summed E-state index contributed by atoms with van der Waals surface area (Å²) in [5.74, 6) is 1.77. The number of hydrogen-bond acceptors (Lipinski definition) is 4. The molecule has 104 valence electrons. The van der Waals surface area contributed by atoms with Gasteiger partial charge in [-0.1, -0.05) is 0 Å². The van der Waals surface area contributed by atoms with Crippen LogP contribution in [0.15, 0.2) is 15.4 Å². The molecule has 0 amide bonds. The van der Waals surface area contributed by atoms with Crippen molar-refractivity contribution in [3.8, 4) is 0 Å². The van der Waals surface area contributed by atoms with E-state index in [9.17, 15) is 8.42 Å². The fraction of sp³-hybridized carbons (Fsp3) is 0.636. The van der Waals surface area contributed by atoms with Gasteiger partial charge in [0.2, 0.25) is 10.0 Å². The second kappa shape index (κ2) is 6.32. The van der Waals surface area contributed by atoms with E-state index in [0.717, 1.165) is 5.75 Å². The molecule has 0 saturated carbocycles. The van der Waals surface area contributed by atoms with Gasteiger partial charge in [-0.15, -0.1) is 11.6 Å². The Hall–Kier alpha value is -0.170. The molecule has 0 radical (unpaired) electrons. The van der Waals surface area contributed by atoms with Gasteiger partial charge in [0.05, 0.1) is 5.88 Å². The molecule has 0 saturated heterocycles. The molecule has 4 nitrogen and oxygen atoms in total. The van der Waals surface area contributed by atoms with Crippen molar-refractivity contribution in [3.05, 3.63) is 17.6 Å². The second-order valence-electron chi connectivity index (χ2n) is 4.09. The Morgan fingerprint density at radius 3 is 2.61 bits per heavy atom. The summed E-state index contributed by atoms with van der Waals surface area (Å²) >= 11 is 7.26. The SMILES string of the molecule is CSCC(C)N(C)S(=O)(=O)c1cc(CCl)oc1C. The Balaban J connectivity index is 3.08. The summed E-state index contributed by atoms with van der Waals surface area (Å²) in [7, 11) is -1.93. The van der Waals surface area contributed by atoms with Gasteiger partial charge in [0.25, 0.3) is 0 Å². The van der Waals surface area contributed by atoms with Crippen molar-refractivity contribution >= 4 is 33.4 Å². The highest BCUT2D eigenvalue weighted by atomic mass is 35.5. The lowest BCUT2D eigenvalue weighted by Crippen LogP contribution is -2.36. The summed E-state index contributed by atoms with van der Waals surface area (Å²) in [4.78, 5) is 0.202. The summed E-state index contributed by atoms with van der Waals surface area (Å²) in [6, 6.07) is 1.43. The number of aryl methyl sites for hydroxylation is 1. The van der Waals surface area contributed by atoms with Crippen molar-refractivity contribution in [2.24, 2.45) is 0 Å². The first-order valence-corrected chi connectivity index (χ1v) is 8.83. The van der Waals surface area contributed by atoms with Crippen LogP contribution in [0, 0.1) is 6.92 Å². The molecule has 0 bridgehead atoms. The second-order valence-corrected chi connectivity index (χ2v) is 7.24. The van der Waals surface area contributed by atoms with E-state index in [2.05, 4.69) is 0 Å². The number of sulfonamides is 1. The molecule has 7 heteroatoms. The highest BCUT2D eigenvalue weighted by Crippen LogP contribution is 2.25. The first-order chi connectivity index (χ1) is 8.34. The van der Waals surface area contributed by atoms with Crippen molar-refractivity contribution in [2.75, 3.05) is 19.1 Å². The van der Waals surface area contributed by atoms with Gasteiger partial charge in [0.15, 0.2) is 0 Å². The number of nitrogens with zero attached hydrogens (tertiary/aromatic N) is 1. The highest BCUT2D eigenvalue weighted by molar-refractivity contribution is 7.98. The Morgan fingerprint density at radius 1 is 1.56 bits per heavy atom. The number of furan rings is 1. The van der Waals surface area contributed by atoms with E-state index in [0.29, 0.717) is 11.5 Å². The smallest absolute Gasteiger partial charge is 0.246 e. The molecule has 0 aliphatic carbocycles. The van der Waals surface area contributed by atoms with Crippen molar-refractivity contribution in [1.29, 1.82) is 0 Å². The fourth-order valence-electron chi connectivity index (χ4n) is 1.58. The minimum Gasteiger partial charge on any atom is -0.464 e. The van der Waals surface area contributed by atoms with E-state index < -0.39 is 10.0 Å². The topological polar surface area (TPSA) is 50.5 Å². The van der Waals surface area contributed by atoms with Crippen LogP contribution in [0.5, 0.6) is 0 Å². The van der Waals surface area contributed by atoms with E-state index >= 15 is 0 Å². The highest BCUT2D eigenvalue weighted by Gasteiger charge is 2.29. The van der Waals surface area contributed by atoms with Crippen LogP contribution in [0.2, 0.25) is 0 Å². The van der Waals surface area contributed by atoms with Gasteiger partial charge >= 0.3 is 0 Å². The Labute approximate surface area is 118 Å². The van der Waals surface area contributed by atoms with Crippen LogP contribution in [0.25, 0.3) is 0 Å². The minimum atomic E-state index is -3.51. The predicted octanol–water partition coefficient (Wildman–Crippen LogP) is 2.70. The third-order valence-corrected chi connectivity index (χ3v) is 5.90. The maximum absolute atomic E-state index is 12.4. The normalized spacial score (nSPS) is 14.1. The average Bonchev–Trinajstić information content (AvgIpc) is 2.70. The van der Waals surface area contributed by atoms with Crippen LogP contribution in [-0.4, -0.2) is 37.8 Å². The lowest BCUT2D eigenvalue weighted by molar-refractivity contribution is 0.412. The van der Waals surface area contributed by atoms with Crippen molar-refractivity contribution in [1.82, 2.24) is 4.31 Å².